The Hall–Kier alpha value is -2.29. The van der Waals surface area contributed by atoms with Crippen LogP contribution in [0.25, 0.3) is 0 Å². The van der Waals surface area contributed by atoms with Gasteiger partial charge in [-0.05, 0) is 31.2 Å². The molecule has 0 fully saturated rings. The smallest absolute Gasteiger partial charge is 0.243 e. The van der Waals surface area contributed by atoms with Crippen LogP contribution >= 0.6 is 27.7 Å². The van der Waals surface area contributed by atoms with Crippen molar-refractivity contribution in [3.8, 4) is 12.1 Å². The van der Waals surface area contributed by atoms with Crippen molar-refractivity contribution in [3.63, 3.8) is 0 Å². The number of amides is 2. The molecule has 6 nitrogen and oxygen atoms in total. The first kappa shape index (κ1) is 20.0. The highest BCUT2D eigenvalue weighted by Gasteiger charge is 2.45. The van der Waals surface area contributed by atoms with Gasteiger partial charge in [0.1, 0.15) is 5.92 Å². The van der Waals surface area contributed by atoms with Gasteiger partial charge in [0.25, 0.3) is 0 Å². The zero-order valence-electron chi connectivity index (χ0n) is 14.5. The van der Waals surface area contributed by atoms with Crippen LogP contribution < -0.4 is 10.6 Å². The first-order chi connectivity index (χ1) is 12.2. The first-order valence-corrected chi connectivity index (χ1v) is 9.46. The Bertz CT molecular complexity index is 849. The van der Waals surface area contributed by atoms with E-state index in [1.807, 2.05) is 18.2 Å². The molecule has 0 bridgehead atoms. The fourth-order valence-electron chi connectivity index (χ4n) is 2.52. The third-order valence-electron chi connectivity index (χ3n) is 4.11. The highest BCUT2D eigenvalue weighted by atomic mass is 79.9. The van der Waals surface area contributed by atoms with Gasteiger partial charge in [-0.3, -0.25) is 9.59 Å². The van der Waals surface area contributed by atoms with E-state index in [9.17, 15) is 20.1 Å². The van der Waals surface area contributed by atoms with Crippen LogP contribution in [0.1, 0.15) is 20.8 Å². The highest BCUT2D eigenvalue weighted by molar-refractivity contribution is 9.10. The Kier molecular flexibility index (Phi) is 6.12. The molecule has 1 aliphatic rings. The van der Waals surface area contributed by atoms with Gasteiger partial charge < -0.3 is 10.6 Å². The maximum absolute atomic E-state index is 12.4. The molecule has 2 amide bonds. The van der Waals surface area contributed by atoms with Crippen molar-refractivity contribution in [1.29, 1.82) is 10.5 Å². The molecule has 2 rings (SSSR count). The van der Waals surface area contributed by atoms with E-state index in [1.54, 1.807) is 32.9 Å². The molecule has 0 saturated heterocycles. The number of nitrogens with zero attached hydrogens (tertiary/aromatic N) is 2. The second-order valence-corrected chi connectivity index (χ2v) is 8.61. The fourth-order valence-corrected chi connectivity index (χ4v) is 3.89. The van der Waals surface area contributed by atoms with Crippen molar-refractivity contribution in [2.45, 2.75) is 26.0 Å². The lowest BCUT2D eigenvalue weighted by Gasteiger charge is -2.35. The number of anilines is 1. The van der Waals surface area contributed by atoms with E-state index in [0.29, 0.717) is 16.3 Å². The molecule has 1 aromatic rings. The molecule has 2 unspecified atom stereocenters. The fraction of sp³-hybridized carbons (Fsp3) is 0.333. The van der Waals surface area contributed by atoms with Crippen LogP contribution in [0.3, 0.4) is 0 Å². The molecule has 26 heavy (non-hydrogen) atoms. The van der Waals surface area contributed by atoms with Crippen LogP contribution in [0.5, 0.6) is 0 Å². The van der Waals surface area contributed by atoms with E-state index >= 15 is 0 Å². The maximum Gasteiger partial charge on any atom is 0.243 e. The zero-order valence-corrected chi connectivity index (χ0v) is 16.9. The van der Waals surface area contributed by atoms with Crippen LogP contribution in [0, 0.1) is 34.0 Å². The number of rotatable bonds is 4. The van der Waals surface area contributed by atoms with E-state index < -0.39 is 22.5 Å². The number of halogens is 1. The van der Waals surface area contributed by atoms with Gasteiger partial charge in [0, 0.05) is 15.6 Å². The predicted molar refractivity (Wildman–Crippen MR) is 103 cm³/mol. The number of hydrogen-bond donors (Lipinski definition) is 2. The number of thioether (sulfide) groups is 1. The van der Waals surface area contributed by atoms with E-state index in [0.717, 1.165) is 16.2 Å². The molecule has 0 spiro atoms. The third kappa shape index (κ3) is 4.09. The molecule has 1 heterocycles. The molecule has 0 saturated carbocycles. The van der Waals surface area contributed by atoms with E-state index in [4.69, 9.17) is 0 Å². The van der Waals surface area contributed by atoms with Gasteiger partial charge in [-0.25, -0.2) is 0 Å². The number of benzene rings is 1. The summed E-state index contributed by atoms with van der Waals surface area (Å²) in [6, 6.07) is 11.2. The quantitative estimate of drug-likeness (QED) is 0.756. The average Bonchev–Trinajstić information content (AvgIpc) is 2.56. The van der Waals surface area contributed by atoms with Crippen molar-refractivity contribution in [2.24, 2.45) is 11.3 Å². The monoisotopic (exact) mass is 432 g/mol. The topological polar surface area (TPSA) is 106 Å². The molecule has 1 aromatic carbocycles. The van der Waals surface area contributed by atoms with Crippen LogP contribution in [0.15, 0.2) is 39.3 Å². The van der Waals surface area contributed by atoms with E-state index in [2.05, 4.69) is 32.6 Å². The molecule has 1 aliphatic heterocycles. The summed E-state index contributed by atoms with van der Waals surface area (Å²) >= 11 is 4.43. The molecule has 0 aliphatic carbocycles. The minimum absolute atomic E-state index is 0.253. The van der Waals surface area contributed by atoms with E-state index in [1.165, 1.54) is 0 Å². The van der Waals surface area contributed by atoms with Crippen molar-refractivity contribution >= 4 is 45.2 Å². The van der Waals surface area contributed by atoms with Crippen molar-refractivity contribution in [2.75, 3.05) is 5.32 Å². The number of hydrogen-bond acceptors (Lipinski definition) is 5. The summed E-state index contributed by atoms with van der Waals surface area (Å²) < 4.78 is 0.904. The zero-order chi connectivity index (χ0) is 19.5. The van der Waals surface area contributed by atoms with Gasteiger partial charge >= 0.3 is 0 Å². The van der Waals surface area contributed by atoms with Crippen LogP contribution in [0.2, 0.25) is 0 Å². The van der Waals surface area contributed by atoms with Gasteiger partial charge in [0.15, 0.2) is 0 Å². The summed E-state index contributed by atoms with van der Waals surface area (Å²) in [6.45, 7) is 5.06. The number of allylic oxidation sites excluding steroid dienone is 1. The number of carbonyl (C=O) groups is 2. The Labute approximate surface area is 164 Å². The summed E-state index contributed by atoms with van der Waals surface area (Å²) in [6.07, 6.45) is 0. The Morgan fingerprint density at radius 3 is 2.50 bits per heavy atom. The minimum atomic E-state index is -0.951. The average molecular weight is 433 g/mol. The predicted octanol–water partition coefficient (Wildman–Crippen LogP) is 3.54. The van der Waals surface area contributed by atoms with Crippen LogP contribution in [-0.4, -0.2) is 17.1 Å². The summed E-state index contributed by atoms with van der Waals surface area (Å²) in [5.74, 6) is -1.66. The maximum atomic E-state index is 12.4. The Morgan fingerprint density at radius 2 is 1.96 bits per heavy atom. The summed E-state index contributed by atoms with van der Waals surface area (Å²) in [4.78, 5) is 24.6. The molecule has 0 radical (unpaired) electrons. The SMILES string of the molecule is CC(SC1=C(C#N)C(C)(C)C(C#N)C(=O)N1)C(=O)Nc1ccc(Br)cc1. The second-order valence-electron chi connectivity index (χ2n) is 6.35. The molecular formula is C18H17BrN4O2S. The molecule has 8 heteroatoms. The molecule has 0 aromatic heterocycles. The van der Waals surface area contributed by atoms with Gasteiger partial charge in [0.2, 0.25) is 11.8 Å². The van der Waals surface area contributed by atoms with Crippen LogP contribution in [0.4, 0.5) is 5.69 Å². The highest BCUT2D eigenvalue weighted by Crippen LogP contribution is 2.42. The lowest BCUT2D eigenvalue weighted by atomic mass is 9.72. The lowest BCUT2D eigenvalue weighted by molar-refractivity contribution is -0.125. The van der Waals surface area contributed by atoms with Gasteiger partial charge in [0.05, 0.1) is 28.0 Å². The van der Waals surface area contributed by atoms with Gasteiger partial charge in [-0.1, -0.05) is 41.5 Å². The third-order valence-corrected chi connectivity index (χ3v) is 5.75. The summed E-state index contributed by atoms with van der Waals surface area (Å²) in [5.41, 5.74) is 0.0328. The number of nitrogens with one attached hydrogen (secondary N) is 2. The summed E-state index contributed by atoms with van der Waals surface area (Å²) in [5, 5.41) is 23.9. The number of carbonyl (C=O) groups excluding carboxylic acids is 2. The van der Waals surface area contributed by atoms with Crippen molar-refractivity contribution in [3.05, 3.63) is 39.3 Å². The van der Waals surface area contributed by atoms with Crippen LogP contribution in [-0.2, 0) is 9.59 Å². The first-order valence-electron chi connectivity index (χ1n) is 7.79. The molecule has 2 N–H and O–H groups in total. The lowest BCUT2D eigenvalue weighted by Crippen LogP contribution is -2.45. The van der Waals surface area contributed by atoms with E-state index in [-0.39, 0.29) is 5.91 Å². The largest absolute Gasteiger partial charge is 0.325 e. The second kappa shape index (κ2) is 7.94. The van der Waals surface area contributed by atoms with Gasteiger partial charge in [-0.15, -0.1) is 0 Å². The Balaban J connectivity index is 2.20. The normalized spacial score (nSPS) is 19.8. The van der Waals surface area contributed by atoms with Crippen molar-refractivity contribution in [1.82, 2.24) is 5.32 Å². The molecule has 134 valence electrons. The number of nitriles is 2. The summed E-state index contributed by atoms with van der Waals surface area (Å²) in [7, 11) is 0. The van der Waals surface area contributed by atoms with Gasteiger partial charge in [-0.2, -0.15) is 10.5 Å². The molecular weight excluding hydrogens is 416 g/mol. The molecule has 2 atom stereocenters. The standard InChI is InChI=1S/C18H17BrN4O2S/c1-10(15(24)22-12-6-4-11(19)5-7-12)26-17-14(9-21)18(2,3)13(8-20)16(25)23-17/h4-7,10,13H,1-3H3,(H,22,24)(H,23,25). The Morgan fingerprint density at radius 1 is 1.35 bits per heavy atom. The van der Waals surface area contributed by atoms with Crippen molar-refractivity contribution < 1.29 is 9.59 Å². The minimum Gasteiger partial charge on any atom is -0.325 e.